The number of halogens is 1. The quantitative estimate of drug-likeness (QED) is 0.805. The van der Waals surface area contributed by atoms with Gasteiger partial charge in [-0.15, -0.1) is 12.4 Å². The zero-order valence-corrected chi connectivity index (χ0v) is 9.25. The van der Waals surface area contributed by atoms with E-state index in [0.717, 1.165) is 11.3 Å². The Morgan fingerprint density at radius 1 is 1.14 bits per heavy atom. The monoisotopic (exact) mass is 216 g/mol. The zero-order valence-electron chi connectivity index (χ0n) is 8.44. The Hall–Kier alpha value is -0.770. The van der Waals surface area contributed by atoms with Gasteiger partial charge in [0.2, 0.25) is 0 Å². The van der Waals surface area contributed by atoms with E-state index in [1.54, 1.807) is 7.11 Å². The van der Waals surface area contributed by atoms with Crippen LogP contribution in [0.15, 0.2) is 24.3 Å². The second-order valence-electron chi connectivity index (χ2n) is 3.16. The van der Waals surface area contributed by atoms with Crippen LogP contribution in [0.4, 0.5) is 0 Å². The number of rotatable bonds is 3. The van der Waals surface area contributed by atoms with Gasteiger partial charge < -0.3 is 16.2 Å². The van der Waals surface area contributed by atoms with E-state index in [2.05, 4.69) is 0 Å². The van der Waals surface area contributed by atoms with Crippen LogP contribution >= 0.6 is 12.4 Å². The molecule has 0 spiro atoms. The van der Waals surface area contributed by atoms with E-state index in [1.807, 2.05) is 31.2 Å². The first-order chi connectivity index (χ1) is 6.15. The summed E-state index contributed by atoms with van der Waals surface area (Å²) in [4.78, 5) is 0. The van der Waals surface area contributed by atoms with Crippen LogP contribution in [-0.4, -0.2) is 13.2 Å². The molecule has 0 aromatic heterocycles. The molecule has 80 valence electrons. The van der Waals surface area contributed by atoms with Gasteiger partial charge in [-0.25, -0.2) is 0 Å². The van der Waals surface area contributed by atoms with E-state index < -0.39 is 0 Å². The van der Waals surface area contributed by atoms with Crippen molar-refractivity contribution in [2.75, 3.05) is 7.11 Å². The molecule has 0 aliphatic rings. The van der Waals surface area contributed by atoms with Gasteiger partial charge >= 0.3 is 0 Å². The summed E-state index contributed by atoms with van der Waals surface area (Å²) in [5.74, 6) is 0.834. The van der Waals surface area contributed by atoms with Crippen LogP contribution < -0.4 is 16.2 Å². The minimum atomic E-state index is -0.106. The predicted molar refractivity (Wildman–Crippen MR) is 60.8 cm³/mol. The molecule has 1 rings (SSSR count). The van der Waals surface area contributed by atoms with Crippen molar-refractivity contribution in [3.05, 3.63) is 29.8 Å². The Morgan fingerprint density at radius 2 is 1.64 bits per heavy atom. The molecule has 14 heavy (non-hydrogen) atoms. The summed E-state index contributed by atoms with van der Waals surface area (Å²) in [6.45, 7) is 1.90. The molecule has 0 bridgehead atoms. The van der Waals surface area contributed by atoms with Gasteiger partial charge in [0, 0.05) is 12.1 Å². The first kappa shape index (κ1) is 13.2. The molecule has 0 aliphatic heterocycles. The number of hydrogen-bond donors (Lipinski definition) is 2. The number of ether oxygens (including phenoxy) is 1. The molecule has 2 atom stereocenters. The van der Waals surface area contributed by atoms with Crippen molar-refractivity contribution in [2.45, 2.75) is 19.0 Å². The van der Waals surface area contributed by atoms with Crippen molar-refractivity contribution >= 4 is 12.4 Å². The highest BCUT2D eigenvalue weighted by molar-refractivity contribution is 5.85. The van der Waals surface area contributed by atoms with Gasteiger partial charge in [-0.3, -0.25) is 0 Å². The van der Waals surface area contributed by atoms with E-state index in [9.17, 15) is 0 Å². The third kappa shape index (κ3) is 3.18. The summed E-state index contributed by atoms with van der Waals surface area (Å²) in [6, 6.07) is 7.51. The Labute approximate surface area is 90.8 Å². The molecule has 0 saturated carbocycles. The summed E-state index contributed by atoms with van der Waals surface area (Å²) in [5.41, 5.74) is 12.6. The van der Waals surface area contributed by atoms with E-state index in [-0.39, 0.29) is 24.5 Å². The lowest BCUT2D eigenvalue weighted by molar-refractivity contribution is 0.414. The van der Waals surface area contributed by atoms with E-state index in [0.29, 0.717) is 0 Å². The van der Waals surface area contributed by atoms with Crippen LogP contribution in [0, 0.1) is 0 Å². The van der Waals surface area contributed by atoms with Crippen molar-refractivity contribution in [3.8, 4) is 5.75 Å². The SMILES string of the molecule is COc1ccc(C(N)C(C)N)cc1.Cl. The molecular formula is C10H17ClN2O. The first-order valence-electron chi connectivity index (χ1n) is 4.30. The average Bonchev–Trinajstić information content (AvgIpc) is 2.17. The topological polar surface area (TPSA) is 61.3 Å². The summed E-state index contributed by atoms with van der Waals surface area (Å²) in [6.07, 6.45) is 0. The molecule has 0 saturated heterocycles. The Kier molecular flexibility index (Phi) is 5.53. The lowest BCUT2D eigenvalue weighted by atomic mass is 10.0. The molecule has 0 aliphatic carbocycles. The predicted octanol–water partition coefficient (Wildman–Crippen LogP) is 1.46. The molecule has 0 amide bonds. The molecule has 4 heteroatoms. The highest BCUT2D eigenvalue weighted by Gasteiger charge is 2.09. The van der Waals surface area contributed by atoms with E-state index in [4.69, 9.17) is 16.2 Å². The molecule has 2 unspecified atom stereocenters. The minimum Gasteiger partial charge on any atom is -0.497 e. The summed E-state index contributed by atoms with van der Waals surface area (Å²) < 4.78 is 5.04. The Balaban J connectivity index is 0.00000169. The van der Waals surface area contributed by atoms with Gasteiger partial charge in [0.25, 0.3) is 0 Å². The van der Waals surface area contributed by atoms with Crippen LogP contribution in [0.2, 0.25) is 0 Å². The lowest BCUT2D eigenvalue weighted by Crippen LogP contribution is -2.30. The number of methoxy groups -OCH3 is 1. The second-order valence-corrected chi connectivity index (χ2v) is 3.16. The maximum atomic E-state index is 5.86. The highest BCUT2D eigenvalue weighted by Crippen LogP contribution is 2.17. The summed E-state index contributed by atoms with van der Waals surface area (Å²) in [5, 5.41) is 0. The van der Waals surface area contributed by atoms with Gasteiger partial charge in [0.1, 0.15) is 5.75 Å². The van der Waals surface area contributed by atoms with Crippen molar-refractivity contribution in [1.29, 1.82) is 0 Å². The fourth-order valence-corrected chi connectivity index (χ4v) is 1.13. The van der Waals surface area contributed by atoms with Gasteiger partial charge in [0.15, 0.2) is 0 Å². The van der Waals surface area contributed by atoms with Crippen LogP contribution in [0.25, 0.3) is 0 Å². The van der Waals surface area contributed by atoms with Crippen LogP contribution in [0.3, 0.4) is 0 Å². The third-order valence-electron chi connectivity index (χ3n) is 2.07. The largest absolute Gasteiger partial charge is 0.497 e. The van der Waals surface area contributed by atoms with Crippen molar-refractivity contribution in [2.24, 2.45) is 11.5 Å². The van der Waals surface area contributed by atoms with Crippen LogP contribution in [0.5, 0.6) is 5.75 Å². The summed E-state index contributed by atoms with van der Waals surface area (Å²) in [7, 11) is 1.64. The number of nitrogens with two attached hydrogens (primary N) is 2. The molecular weight excluding hydrogens is 200 g/mol. The van der Waals surface area contributed by atoms with Crippen molar-refractivity contribution in [1.82, 2.24) is 0 Å². The molecule has 1 aromatic carbocycles. The average molecular weight is 217 g/mol. The van der Waals surface area contributed by atoms with Crippen molar-refractivity contribution in [3.63, 3.8) is 0 Å². The first-order valence-corrected chi connectivity index (χ1v) is 4.30. The number of benzene rings is 1. The fraction of sp³-hybridized carbons (Fsp3) is 0.400. The van der Waals surface area contributed by atoms with Crippen molar-refractivity contribution < 1.29 is 4.74 Å². The Bertz CT molecular complexity index is 261. The maximum absolute atomic E-state index is 5.86. The third-order valence-corrected chi connectivity index (χ3v) is 2.07. The molecule has 1 aromatic rings. The maximum Gasteiger partial charge on any atom is 0.118 e. The highest BCUT2D eigenvalue weighted by atomic mass is 35.5. The number of hydrogen-bond acceptors (Lipinski definition) is 3. The van der Waals surface area contributed by atoms with Gasteiger partial charge in [-0.2, -0.15) is 0 Å². The fourth-order valence-electron chi connectivity index (χ4n) is 1.13. The zero-order chi connectivity index (χ0) is 9.84. The van der Waals surface area contributed by atoms with Crippen LogP contribution in [-0.2, 0) is 0 Å². The van der Waals surface area contributed by atoms with E-state index in [1.165, 1.54) is 0 Å². The van der Waals surface area contributed by atoms with Gasteiger partial charge in [-0.05, 0) is 24.6 Å². The Morgan fingerprint density at radius 3 is 2.00 bits per heavy atom. The lowest BCUT2D eigenvalue weighted by Gasteiger charge is -2.15. The van der Waals surface area contributed by atoms with Gasteiger partial charge in [-0.1, -0.05) is 12.1 Å². The molecule has 4 N–H and O–H groups in total. The normalized spacial score (nSPS) is 14.0. The summed E-state index contributed by atoms with van der Waals surface area (Å²) >= 11 is 0. The standard InChI is InChI=1S/C10H16N2O.ClH/c1-7(11)10(12)8-3-5-9(13-2)6-4-8;/h3-7,10H,11-12H2,1-2H3;1H. The van der Waals surface area contributed by atoms with E-state index >= 15 is 0 Å². The molecule has 0 heterocycles. The smallest absolute Gasteiger partial charge is 0.118 e. The molecule has 0 fully saturated rings. The molecule has 0 radical (unpaired) electrons. The van der Waals surface area contributed by atoms with Gasteiger partial charge in [0.05, 0.1) is 7.11 Å². The minimum absolute atomic E-state index is 0. The van der Waals surface area contributed by atoms with Crippen LogP contribution in [0.1, 0.15) is 18.5 Å². The second kappa shape index (κ2) is 5.86. The molecule has 3 nitrogen and oxygen atoms in total.